The molecule has 0 aliphatic heterocycles. The van der Waals surface area contributed by atoms with E-state index in [0.717, 1.165) is 13.1 Å². The molecule has 1 N–H and O–H groups in total. The van der Waals surface area contributed by atoms with Gasteiger partial charge in [0.05, 0.1) is 11.7 Å². The third kappa shape index (κ3) is 4.33. The van der Waals surface area contributed by atoms with Crippen molar-refractivity contribution in [1.29, 1.82) is 0 Å². The highest BCUT2D eigenvalue weighted by Crippen LogP contribution is 2.18. The smallest absolute Gasteiger partial charge is 0.0543 e. The molecule has 0 saturated heterocycles. The Balaban J connectivity index is 2.05. The third-order valence-electron chi connectivity index (χ3n) is 3.31. The minimum Gasteiger partial charge on any atom is -0.381 e. The fourth-order valence-corrected chi connectivity index (χ4v) is 2.19. The Morgan fingerprint density at radius 1 is 1.19 bits per heavy atom. The highest BCUT2D eigenvalue weighted by molar-refractivity contribution is 5.51. The number of anilines is 1. The summed E-state index contributed by atoms with van der Waals surface area (Å²) in [5.74, 6) is 0. The minimum absolute atomic E-state index is 0.0288. The zero-order valence-electron chi connectivity index (χ0n) is 13.7. The Kier molecular flexibility index (Phi) is 4.68. The van der Waals surface area contributed by atoms with E-state index in [1.165, 1.54) is 16.8 Å². The van der Waals surface area contributed by atoms with Crippen molar-refractivity contribution in [3.8, 4) is 0 Å². The van der Waals surface area contributed by atoms with E-state index >= 15 is 0 Å². The van der Waals surface area contributed by atoms with Crippen molar-refractivity contribution in [3.05, 3.63) is 47.8 Å². The molecule has 1 aromatic carbocycles. The van der Waals surface area contributed by atoms with Crippen LogP contribution < -0.4 is 5.32 Å². The molecule has 0 spiro atoms. The lowest BCUT2D eigenvalue weighted by molar-refractivity contribution is 0.355. The maximum Gasteiger partial charge on any atom is 0.0543 e. The van der Waals surface area contributed by atoms with Gasteiger partial charge in [0.2, 0.25) is 0 Å². The molecule has 0 bridgehead atoms. The first-order valence-electron chi connectivity index (χ1n) is 7.37. The van der Waals surface area contributed by atoms with E-state index < -0.39 is 0 Å². The summed E-state index contributed by atoms with van der Waals surface area (Å²) < 4.78 is 2.01. The molecule has 21 heavy (non-hydrogen) atoms. The molecular formula is C17H26N4. The van der Waals surface area contributed by atoms with Gasteiger partial charge in [-0.1, -0.05) is 18.2 Å². The first kappa shape index (κ1) is 15.6. The second kappa shape index (κ2) is 6.31. The summed E-state index contributed by atoms with van der Waals surface area (Å²) in [5.41, 5.74) is 3.73. The van der Waals surface area contributed by atoms with Crippen molar-refractivity contribution >= 4 is 5.69 Å². The van der Waals surface area contributed by atoms with Gasteiger partial charge in [0.15, 0.2) is 0 Å². The van der Waals surface area contributed by atoms with Crippen LogP contribution in [0.15, 0.2) is 36.7 Å². The van der Waals surface area contributed by atoms with Gasteiger partial charge >= 0.3 is 0 Å². The van der Waals surface area contributed by atoms with Gasteiger partial charge in [-0.05, 0) is 46.5 Å². The zero-order chi connectivity index (χ0) is 15.5. The standard InChI is InChI=1S/C17H26N4/c1-17(2,3)21-12-14(11-19-21)10-18-16-9-7-6-8-15(16)13-20(4)5/h6-9,11-12,18H,10,13H2,1-5H3. The van der Waals surface area contributed by atoms with Crippen LogP contribution in [0.25, 0.3) is 0 Å². The Hall–Kier alpha value is -1.81. The van der Waals surface area contributed by atoms with E-state index in [-0.39, 0.29) is 5.54 Å². The Morgan fingerprint density at radius 3 is 2.52 bits per heavy atom. The average molecular weight is 286 g/mol. The fraction of sp³-hybridized carbons (Fsp3) is 0.471. The number of para-hydroxylation sites is 1. The SMILES string of the molecule is CN(C)Cc1ccccc1NCc1cnn(C(C)(C)C)c1. The van der Waals surface area contributed by atoms with Crippen LogP contribution >= 0.6 is 0 Å². The van der Waals surface area contributed by atoms with Gasteiger partial charge in [0.1, 0.15) is 0 Å². The molecule has 0 saturated carbocycles. The molecular weight excluding hydrogens is 260 g/mol. The first-order chi connectivity index (χ1) is 9.86. The zero-order valence-corrected chi connectivity index (χ0v) is 13.7. The molecule has 2 rings (SSSR count). The number of nitrogens with one attached hydrogen (secondary N) is 1. The predicted octanol–water partition coefficient (Wildman–Crippen LogP) is 3.31. The predicted molar refractivity (Wildman–Crippen MR) is 88.4 cm³/mol. The van der Waals surface area contributed by atoms with Gasteiger partial charge in [0, 0.05) is 30.5 Å². The summed E-state index contributed by atoms with van der Waals surface area (Å²) in [5, 5.41) is 7.96. The van der Waals surface area contributed by atoms with Crippen LogP contribution in [-0.4, -0.2) is 28.8 Å². The largest absolute Gasteiger partial charge is 0.381 e. The molecule has 4 heteroatoms. The lowest BCUT2D eigenvalue weighted by Gasteiger charge is -2.18. The summed E-state index contributed by atoms with van der Waals surface area (Å²) >= 11 is 0. The number of hydrogen-bond acceptors (Lipinski definition) is 3. The highest BCUT2D eigenvalue weighted by atomic mass is 15.3. The monoisotopic (exact) mass is 286 g/mol. The maximum atomic E-state index is 4.44. The van der Waals surface area contributed by atoms with Crippen LogP contribution in [0, 0.1) is 0 Å². The van der Waals surface area contributed by atoms with Crippen molar-refractivity contribution < 1.29 is 0 Å². The molecule has 0 aliphatic carbocycles. The molecule has 0 fully saturated rings. The molecule has 0 unspecified atom stereocenters. The number of aromatic nitrogens is 2. The molecule has 114 valence electrons. The number of hydrogen-bond donors (Lipinski definition) is 1. The molecule has 0 atom stereocenters. The number of nitrogens with zero attached hydrogens (tertiary/aromatic N) is 3. The average Bonchev–Trinajstić information content (AvgIpc) is 2.86. The molecule has 0 amide bonds. The fourth-order valence-electron chi connectivity index (χ4n) is 2.19. The van der Waals surface area contributed by atoms with Crippen LogP contribution in [-0.2, 0) is 18.6 Å². The second-order valence-electron chi connectivity index (χ2n) is 6.71. The van der Waals surface area contributed by atoms with Gasteiger partial charge in [0.25, 0.3) is 0 Å². The van der Waals surface area contributed by atoms with Gasteiger partial charge in [-0.3, -0.25) is 4.68 Å². The Labute approximate surface area is 127 Å². The summed E-state index contributed by atoms with van der Waals surface area (Å²) in [7, 11) is 4.17. The van der Waals surface area contributed by atoms with Crippen LogP contribution in [0.3, 0.4) is 0 Å². The van der Waals surface area contributed by atoms with E-state index in [1.807, 2.05) is 10.9 Å². The molecule has 1 aromatic heterocycles. The molecule has 4 nitrogen and oxygen atoms in total. The van der Waals surface area contributed by atoms with Crippen LogP contribution in [0.2, 0.25) is 0 Å². The number of rotatable bonds is 5. The van der Waals surface area contributed by atoms with Gasteiger partial charge in [-0.2, -0.15) is 5.10 Å². The lowest BCUT2D eigenvalue weighted by Crippen LogP contribution is -2.22. The molecule has 0 radical (unpaired) electrons. The summed E-state index contributed by atoms with van der Waals surface area (Å²) in [6, 6.07) is 8.45. The van der Waals surface area contributed by atoms with Crippen molar-refractivity contribution in [2.24, 2.45) is 0 Å². The van der Waals surface area contributed by atoms with Gasteiger partial charge in [-0.25, -0.2) is 0 Å². The van der Waals surface area contributed by atoms with Crippen molar-refractivity contribution in [1.82, 2.24) is 14.7 Å². The van der Waals surface area contributed by atoms with E-state index in [4.69, 9.17) is 0 Å². The third-order valence-corrected chi connectivity index (χ3v) is 3.31. The Bertz CT molecular complexity index is 578. The molecule has 0 aliphatic rings. The van der Waals surface area contributed by atoms with E-state index in [0.29, 0.717) is 0 Å². The summed E-state index contributed by atoms with van der Waals surface area (Å²) in [6.45, 7) is 8.20. The van der Waals surface area contributed by atoms with E-state index in [1.54, 1.807) is 0 Å². The summed E-state index contributed by atoms with van der Waals surface area (Å²) in [4.78, 5) is 2.18. The quantitative estimate of drug-likeness (QED) is 0.915. The van der Waals surface area contributed by atoms with Crippen molar-refractivity contribution in [2.45, 2.75) is 39.4 Å². The number of benzene rings is 1. The van der Waals surface area contributed by atoms with Crippen LogP contribution in [0.5, 0.6) is 0 Å². The van der Waals surface area contributed by atoms with Crippen molar-refractivity contribution in [3.63, 3.8) is 0 Å². The highest BCUT2D eigenvalue weighted by Gasteiger charge is 2.13. The molecule has 2 aromatic rings. The van der Waals surface area contributed by atoms with Crippen LogP contribution in [0.4, 0.5) is 5.69 Å². The van der Waals surface area contributed by atoms with Crippen LogP contribution in [0.1, 0.15) is 31.9 Å². The van der Waals surface area contributed by atoms with Crippen molar-refractivity contribution in [2.75, 3.05) is 19.4 Å². The second-order valence-corrected chi connectivity index (χ2v) is 6.71. The summed E-state index contributed by atoms with van der Waals surface area (Å²) in [6.07, 6.45) is 4.05. The molecule has 1 heterocycles. The maximum absolute atomic E-state index is 4.44. The first-order valence-corrected chi connectivity index (χ1v) is 7.37. The van der Waals surface area contributed by atoms with Gasteiger partial charge < -0.3 is 10.2 Å². The lowest BCUT2D eigenvalue weighted by atomic mass is 10.1. The van der Waals surface area contributed by atoms with Gasteiger partial charge in [-0.15, -0.1) is 0 Å². The van der Waals surface area contributed by atoms with E-state index in [2.05, 4.69) is 80.6 Å². The normalized spacial score (nSPS) is 11.9. The Morgan fingerprint density at radius 2 is 1.90 bits per heavy atom. The van der Waals surface area contributed by atoms with E-state index in [9.17, 15) is 0 Å². The minimum atomic E-state index is 0.0288. The topological polar surface area (TPSA) is 33.1 Å².